The summed E-state index contributed by atoms with van der Waals surface area (Å²) in [6.07, 6.45) is 8.23. The maximum Gasteiger partial charge on any atom is 0.0662 e. The van der Waals surface area contributed by atoms with E-state index in [1.165, 1.54) is 12.8 Å². The molecule has 0 aromatic heterocycles. The molecule has 10 heavy (non-hydrogen) atoms. The fourth-order valence-corrected chi connectivity index (χ4v) is 2.08. The molecule has 3 atom stereocenters. The molecule has 1 heteroatoms. The molecular formula is C9H11N. The van der Waals surface area contributed by atoms with Crippen molar-refractivity contribution in [3.05, 3.63) is 12.2 Å². The van der Waals surface area contributed by atoms with Gasteiger partial charge >= 0.3 is 0 Å². The zero-order chi connectivity index (χ0) is 6.97. The first-order valence-corrected chi connectivity index (χ1v) is 3.98. The van der Waals surface area contributed by atoms with Gasteiger partial charge in [0, 0.05) is 0 Å². The Kier molecular flexibility index (Phi) is 1.27. The van der Waals surface area contributed by atoms with Crippen LogP contribution in [0.4, 0.5) is 0 Å². The van der Waals surface area contributed by atoms with Gasteiger partial charge in [-0.05, 0) is 31.1 Å². The quantitative estimate of drug-likeness (QED) is 0.464. The van der Waals surface area contributed by atoms with E-state index in [2.05, 4.69) is 18.2 Å². The molecule has 0 aromatic carbocycles. The monoisotopic (exact) mass is 133 g/mol. The molecule has 0 heterocycles. The Morgan fingerprint density at radius 1 is 1.30 bits per heavy atom. The lowest BCUT2D eigenvalue weighted by Crippen LogP contribution is -2.25. The second kappa shape index (κ2) is 2.12. The molecule has 3 rings (SSSR count). The summed E-state index contributed by atoms with van der Waals surface area (Å²) in [5, 5.41) is 8.73. The van der Waals surface area contributed by atoms with Crippen LogP contribution in [0, 0.1) is 29.1 Å². The van der Waals surface area contributed by atoms with Gasteiger partial charge in [-0.1, -0.05) is 12.2 Å². The zero-order valence-electron chi connectivity index (χ0n) is 5.96. The van der Waals surface area contributed by atoms with Gasteiger partial charge in [-0.15, -0.1) is 0 Å². The van der Waals surface area contributed by atoms with E-state index in [1.54, 1.807) is 0 Å². The standard InChI is InChI=1S/C9H11N/c10-6-9-5-7-1-3-8(9)4-2-7/h1,3,7-9H,2,4-5H2/t7-,8+,9-/m1/s1. The van der Waals surface area contributed by atoms with Crippen LogP contribution in [0.1, 0.15) is 19.3 Å². The van der Waals surface area contributed by atoms with Crippen LogP contribution in [0.2, 0.25) is 0 Å². The summed E-state index contributed by atoms with van der Waals surface area (Å²) in [5.74, 6) is 1.66. The van der Waals surface area contributed by atoms with Crippen molar-refractivity contribution in [1.82, 2.24) is 0 Å². The minimum absolute atomic E-state index is 0.337. The van der Waals surface area contributed by atoms with Gasteiger partial charge in [-0.3, -0.25) is 0 Å². The van der Waals surface area contributed by atoms with E-state index in [0.717, 1.165) is 12.3 Å². The number of rotatable bonds is 0. The molecule has 0 N–H and O–H groups in total. The maximum absolute atomic E-state index is 8.73. The van der Waals surface area contributed by atoms with Crippen molar-refractivity contribution < 1.29 is 0 Å². The lowest BCUT2D eigenvalue weighted by Gasteiger charge is -2.33. The lowest BCUT2D eigenvalue weighted by atomic mass is 9.70. The summed E-state index contributed by atoms with van der Waals surface area (Å²) in [7, 11) is 0. The molecule has 0 spiro atoms. The highest BCUT2D eigenvalue weighted by molar-refractivity contribution is 5.10. The van der Waals surface area contributed by atoms with E-state index in [0.29, 0.717) is 11.8 Å². The molecule has 3 aliphatic carbocycles. The third-order valence-corrected chi connectivity index (χ3v) is 2.74. The molecule has 0 amide bonds. The molecule has 52 valence electrons. The number of fused-ring (bicyclic) bond motifs is 2. The van der Waals surface area contributed by atoms with Crippen molar-refractivity contribution in [1.29, 1.82) is 5.26 Å². The Balaban J connectivity index is 2.21. The number of allylic oxidation sites excluding steroid dienone is 2. The van der Waals surface area contributed by atoms with Crippen LogP contribution in [0.15, 0.2) is 12.2 Å². The first-order chi connectivity index (χ1) is 4.90. The van der Waals surface area contributed by atoms with Gasteiger partial charge in [0.05, 0.1) is 12.0 Å². The number of hydrogen-bond acceptors (Lipinski definition) is 1. The predicted octanol–water partition coefficient (Wildman–Crippen LogP) is 2.11. The topological polar surface area (TPSA) is 23.8 Å². The van der Waals surface area contributed by atoms with E-state index in [9.17, 15) is 0 Å². The highest BCUT2D eigenvalue weighted by atomic mass is 14.4. The van der Waals surface area contributed by atoms with E-state index >= 15 is 0 Å². The lowest BCUT2D eigenvalue weighted by molar-refractivity contribution is 0.269. The van der Waals surface area contributed by atoms with Crippen LogP contribution in [-0.4, -0.2) is 0 Å². The molecule has 0 aromatic rings. The summed E-state index contributed by atoms with van der Waals surface area (Å²) in [6, 6.07) is 2.38. The van der Waals surface area contributed by atoms with Crippen molar-refractivity contribution in [3.8, 4) is 6.07 Å². The summed E-state index contributed by atoms with van der Waals surface area (Å²) in [4.78, 5) is 0. The molecule has 0 aliphatic heterocycles. The van der Waals surface area contributed by atoms with Crippen LogP contribution in [0.3, 0.4) is 0 Å². The van der Waals surface area contributed by atoms with Crippen molar-refractivity contribution in [3.63, 3.8) is 0 Å². The number of nitriles is 1. The second-order valence-electron chi connectivity index (χ2n) is 3.36. The summed E-state index contributed by atoms with van der Waals surface area (Å²) >= 11 is 0. The van der Waals surface area contributed by atoms with Crippen LogP contribution >= 0.6 is 0 Å². The van der Waals surface area contributed by atoms with E-state index in [1.807, 2.05) is 0 Å². The van der Waals surface area contributed by atoms with Gasteiger partial charge < -0.3 is 0 Å². The van der Waals surface area contributed by atoms with Crippen LogP contribution < -0.4 is 0 Å². The molecule has 1 fully saturated rings. The molecular weight excluding hydrogens is 122 g/mol. The molecule has 0 unspecified atom stereocenters. The van der Waals surface area contributed by atoms with Gasteiger partial charge in [-0.25, -0.2) is 0 Å². The molecule has 0 saturated heterocycles. The first-order valence-electron chi connectivity index (χ1n) is 3.98. The Bertz CT molecular complexity index is 199. The second-order valence-corrected chi connectivity index (χ2v) is 3.36. The molecule has 2 bridgehead atoms. The largest absolute Gasteiger partial charge is 0.198 e. The highest BCUT2D eigenvalue weighted by Gasteiger charge is 2.31. The van der Waals surface area contributed by atoms with Gasteiger partial charge in [0.25, 0.3) is 0 Å². The third kappa shape index (κ3) is 0.759. The van der Waals surface area contributed by atoms with Crippen molar-refractivity contribution in [2.45, 2.75) is 19.3 Å². The van der Waals surface area contributed by atoms with Crippen LogP contribution in [0.25, 0.3) is 0 Å². The normalized spacial score (nSPS) is 43.3. The van der Waals surface area contributed by atoms with Crippen molar-refractivity contribution in [2.24, 2.45) is 17.8 Å². The summed E-state index contributed by atoms with van der Waals surface area (Å²) in [5.41, 5.74) is 0. The fourth-order valence-electron chi connectivity index (χ4n) is 2.08. The molecule has 1 nitrogen and oxygen atoms in total. The SMILES string of the molecule is N#C[C@H]1C[C@@H]2C=C[C@H]1CC2. The van der Waals surface area contributed by atoms with Gasteiger partial charge in [-0.2, -0.15) is 5.26 Å². The highest BCUT2D eigenvalue weighted by Crippen LogP contribution is 2.39. The summed E-state index contributed by atoms with van der Waals surface area (Å²) in [6.45, 7) is 0. The van der Waals surface area contributed by atoms with Crippen LogP contribution in [-0.2, 0) is 0 Å². The summed E-state index contributed by atoms with van der Waals surface area (Å²) < 4.78 is 0. The van der Waals surface area contributed by atoms with E-state index < -0.39 is 0 Å². The maximum atomic E-state index is 8.73. The van der Waals surface area contributed by atoms with Crippen molar-refractivity contribution >= 4 is 0 Å². The molecule has 1 saturated carbocycles. The minimum atomic E-state index is 0.337. The Hall–Kier alpha value is -0.770. The van der Waals surface area contributed by atoms with Crippen molar-refractivity contribution in [2.75, 3.05) is 0 Å². The zero-order valence-corrected chi connectivity index (χ0v) is 5.96. The molecule has 0 radical (unpaired) electrons. The van der Waals surface area contributed by atoms with Gasteiger partial charge in [0.1, 0.15) is 0 Å². The van der Waals surface area contributed by atoms with Gasteiger partial charge in [0.15, 0.2) is 0 Å². The Morgan fingerprint density at radius 2 is 2.20 bits per heavy atom. The van der Waals surface area contributed by atoms with E-state index in [-0.39, 0.29) is 0 Å². The average Bonchev–Trinajstić information content (AvgIpc) is 2.06. The predicted molar refractivity (Wildman–Crippen MR) is 39.1 cm³/mol. The fraction of sp³-hybridized carbons (Fsp3) is 0.667. The third-order valence-electron chi connectivity index (χ3n) is 2.74. The minimum Gasteiger partial charge on any atom is -0.198 e. The Labute approximate surface area is 61.4 Å². The van der Waals surface area contributed by atoms with Gasteiger partial charge in [0.2, 0.25) is 0 Å². The molecule has 3 aliphatic rings. The number of hydrogen-bond donors (Lipinski definition) is 0. The Morgan fingerprint density at radius 3 is 2.50 bits per heavy atom. The average molecular weight is 133 g/mol. The van der Waals surface area contributed by atoms with E-state index in [4.69, 9.17) is 5.26 Å². The smallest absolute Gasteiger partial charge is 0.0662 e. The number of nitrogens with zero attached hydrogens (tertiary/aromatic N) is 1. The first kappa shape index (κ1) is 5.97. The van der Waals surface area contributed by atoms with Crippen LogP contribution in [0.5, 0.6) is 0 Å².